The molecule has 0 aliphatic heterocycles. The number of aliphatic imine (C=N–C) groups is 1. The Kier molecular flexibility index (Phi) is 8.95. The first kappa shape index (κ1) is 28.6. The fraction of sp³-hybridized carbons (Fsp3) is 0.667. The summed E-state index contributed by atoms with van der Waals surface area (Å²) in [5.41, 5.74) is 12.1. The van der Waals surface area contributed by atoms with Crippen LogP contribution in [0, 0.1) is 17.8 Å². The summed E-state index contributed by atoms with van der Waals surface area (Å²) < 4.78 is 20.0. The fourth-order valence-electron chi connectivity index (χ4n) is 4.97. The van der Waals surface area contributed by atoms with Crippen molar-refractivity contribution in [1.82, 2.24) is 4.90 Å². The van der Waals surface area contributed by atoms with Crippen molar-refractivity contribution >= 4 is 23.6 Å². The number of anilines is 1. The minimum Gasteiger partial charge on any atom is -0.442 e. The van der Waals surface area contributed by atoms with Gasteiger partial charge in [0.05, 0.1) is 12.5 Å². The first-order chi connectivity index (χ1) is 16.0. The summed E-state index contributed by atoms with van der Waals surface area (Å²) in [6, 6.07) is 5.62. The molecular weight excluding hydrogens is 447 g/mol. The minimum absolute atomic E-state index is 0.00704. The lowest BCUT2D eigenvalue weighted by Crippen LogP contribution is -2.50. The minimum atomic E-state index is -1.76. The molecule has 2 rings (SSSR count). The highest BCUT2D eigenvalue weighted by atomic mass is 19.1. The summed E-state index contributed by atoms with van der Waals surface area (Å²) in [5.74, 6) is -0.363. The zero-order chi connectivity index (χ0) is 26.7. The van der Waals surface area contributed by atoms with E-state index >= 15 is 0 Å². The maximum Gasteiger partial charge on any atom is 0.437 e. The van der Waals surface area contributed by atoms with E-state index in [1.807, 2.05) is 18.2 Å². The second-order valence-electron chi connectivity index (χ2n) is 12.0. The van der Waals surface area contributed by atoms with E-state index in [0.717, 1.165) is 35.3 Å². The number of guanidine groups is 1. The molecule has 0 spiro atoms. The molecule has 1 aromatic carbocycles. The predicted octanol–water partition coefficient (Wildman–Crippen LogP) is 5.42. The molecule has 4 N–H and O–H groups in total. The van der Waals surface area contributed by atoms with Crippen molar-refractivity contribution in [2.24, 2.45) is 28.5 Å². The molecule has 7 nitrogen and oxygen atoms in total. The van der Waals surface area contributed by atoms with Crippen LogP contribution in [0.15, 0.2) is 23.2 Å². The van der Waals surface area contributed by atoms with Crippen molar-refractivity contribution in [3.05, 3.63) is 29.3 Å². The van der Waals surface area contributed by atoms with Gasteiger partial charge in [0.1, 0.15) is 11.3 Å². The van der Waals surface area contributed by atoms with Crippen molar-refractivity contribution in [2.75, 3.05) is 12.3 Å². The maximum absolute atomic E-state index is 14.8. The van der Waals surface area contributed by atoms with E-state index < -0.39 is 23.3 Å². The van der Waals surface area contributed by atoms with Crippen LogP contribution in [0.5, 0.6) is 0 Å². The third-order valence-electron chi connectivity index (χ3n) is 5.98. The van der Waals surface area contributed by atoms with E-state index in [4.69, 9.17) is 16.2 Å². The molecule has 0 fully saturated rings. The van der Waals surface area contributed by atoms with Gasteiger partial charge in [0, 0.05) is 5.69 Å². The van der Waals surface area contributed by atoms with Gasteiger partial charge in [-0.05, 0) is 94.9 Å². The molecule has 0 saturated carbocycles. The first-order valence-electron chi connectivity index (χ1n) is 12.4. The van der Waals surface area contributed by atoms with Crippen LogP contribution in [0.1, 0.15) is 85.3 Å². The number of benzene rings is 1. The van der Waals surface area contributed by atoms with Crippen molar-refractivity contribution in [3.8, 4) is 0 Å². The molecule has 0 saturated heterocycles. The number of halogens is 1. The van der Waals surface area contributed by atoms with Crippen LogP contribution in [0.25, 0.3) is 0 Å². The Bertz CT molecular complexity index is 947. The molecule has 1 aliphatic carbocycles. The molecule has 0 bridgehead atoms. The number of ether oxygens (including phenoxy) is 1. The average Bonchev–Trinajstić information content (AvgIpc) is 2.99. The number of nitrogens with two attached hydrogens (primary N) is 2. The Labute approximate surface area is 209 Å². The molecule has 1 aromatic rings. The van der Waals surface area contributed by atoms with Gasteiger partial charge < -0.3 is 16.2 Å². The van der Waals surface area contributed by atoms with Crippen LogP contribution in [0.2, 0.25) is 0 Å². The largest absolute Gasteiger partial charge is 0.442 e. The van der Waals surface area contributed by atoms with Gasteiger partial charge >= 0.3 is 6.09 Å². The summed E-state index contributed by atoms with van der Waals surface area (Å²) in [5, 5.41) is 0. The molecule has 3 atom stereocenters. The maximum atomic E-state index is 14.8. The van der Waals surface area contributed by atoms with Crippen molar-refractivity contribution in [2.45, 2.75) is 91.8 Å². The zero-order valence-corrected chi connectivity index (χ0v) is 22.5. The van der Waals surface area contributed by atoms with Gasteiger partial charge in [-0.1, -0.05) is 26.8 Å². The van der Waals surface area contributed by atoms with Crippen LogP contribution < -0.4 is 11.5 Å². The standard InChI is InChI=1S/C27H43FN4O3/c1-16(2)11-17(3)12-19-13-18-9-10-20(29)14-21(18)22(19)23(33)32(15-27(7,8)28)24(30)31-25(34)35-26(4,5)6/h9-10,14,16-17,19,22H,11-13,15,29H2,1-8H3,(H2,30,31,34). The lowest BCUT2D eigenvalue weighted by atomic mass is 9.82. The predicted molar refractivity (Wildman–Crippen MR) is 139 cm³/mol. The average molecular weight is 491 g/mol. The first-order valence-corrected chi connectivity index (χ1v) is 12.4. The van der Waals surface area contributed by atoms with Crippen molar-refractivity contribution in [1.29, 1.82) is 0 Å². The number of fused-ring (bicyclic) bond motifs is 1. The number of hydrogen-bond donors (Lipinski definition) is 2. The molecule has 3 unspecified atom stereocenters. The van der Waals surface area contributed by atoms with Crippen LogP contribution in [0.3, 0.4) is 0 Å². The number of carbonyl (C=O) groups is 2. The quantitative estimate of drug-likeness (QED) is 0.301. The molecule has 0 radical (unpaired) electrons. The van der Waals surface area contributed by atoms with E-state index in [0.29, 0.717) is 17.5 Å². The van der Waals surface area contributed by atoms with E-state index in [-0.39, 0.29) is 24.3 Å². The van der Waals surface area contributed by atoms with Gasteiger partial charge in [0.2, 0.25) is 11.9 Å². The number of alkyl halides is 1. The summed E-state index contributed by atoms with van der Waals surface area (Å²) in [4.78, 5) is 31.2. The number of rotatable bonds is 7. The smallest absolute Gasteiger partial charge is 0.437 e. The Morgan fingerprint density at radius 3 is 2.37 bits per heavy atom. The molecule has 8 heteroatoms. The summed E-state index contributed by atoms with van der Waals surface area (Å²) in [6.07, 6.45) is 1.67. The second kappa shape index (κ2) is 11.0. The van der Waals surface area contributed by atoms with Gasteiger partial charge in [-0.3, -0.25) is 9.69 Å². The molecule has 0 aromatic heterocycles. The second-order valence-corrected chi connectivity index (χ2v) is 12.0. The lowest BCUT2D eigenvalue weighted by molar-refractivity contribution is -0.131. The van der Waals surface area contributed by atoms with Gasteiger partial charge in [-0.25, -0.2) is 9.18 Å². The molecule has 196 valence electrons. The van der Waals surface area contributed by atoms with E-state index in [9.17, 15) is 14.0 Å². The monoisotopic (exact) mass is 490 g/mol. The Morgan fingerprint density at radius 2 is 1.83 bits per heavy atom. The molecule has 2 amide bonds. The lowest BCUT2D eigenvalue weighted by Gasteiger charge is -2.32. The Balaban J connectivity index is 2.46. The molecule has 35 heavy (non-hydrogen) atoms. The van der Waals surface area contributed by atoms with Crippen molar-refractivity contribution in [3.63, 3.8) is 0 Å². The van der Waals surface area contributed by atoms with Gasteiger partial charge in [0.25, 0.3) is 0 Å². The number of carbonyl (C=O) groups excluding carboxylic acids is 2. The topological polar surface area (TPSA) is 111 Å². The number of amides is 2. The molecule has 1 aliphatic rings. The highest BCUT2D eigenvalue weighted by Crippen LogP contribution is 2.44. The van der Waals surface area contributed by atoms with Gasteiger partial charge in [0.15, 0.2) is 0 Å². The fourth-order valence-corrected chi connectivity index (χ4v) is 4.97. The summed E-state index contributed by atoms with van der Waals surface area (Å²) >= 11 is 0. The Morgan fingerprint density at radius 1 is 1.20 bits per heavy atom. The normalized spacial score (nSPS) is 19.4. The molecule has 0 heterocycles. The Hall–Kier alpha value is -2.64. The number of nitrogens with zero attached hydrogens (tertiary/aromatic N) is 2. The van der Waals surface area contributed by atoms with Gasteiger partial charge in [-0.15, -0.1) is 4.99 Å². The summed E-state index contributed by atoms with van der Waals surface area (Å²) in [7, 11) is 0. The van der Waals surface area contributed by atoms with Crippen molar-refractivity contribution < 1.29 is 18.7 Å². The van der Waals surface area contributed by atoms with Crippen LogP contribution in [0.4, 0.5) is 14.9 Å². The van der Waals surface area contributed by atoms with Crippen LogP contribution >= 0.6 is 0 Å². The number of hydrogen-bond acceptors (Lipinski definition) is 4. The van der Waals surface area contributed by atoms with Crippen LogP contribution in [-0.4, -0.2) is 40.7 Å². The van der Waals surface area contributed by atoms with E-state index in [2.05, 4.69) is 25.8 Å². The zero-order valence-electron chi connectivity index (χ0n) is 22.5. The number of nitrogen functional groups attached to an aromatic ring is 1. The van der Waals surface area contributed by atoms with E-state index in [1.54, 1.807) is 20.8 Å². The third kappa shape index (κ3) is 8.51. The molecular formula is C27H43FN4O3. The SMILES string of the molecule is CC(C)CC(C)CC1Cc2ccc(N)cc2C1C(=O)N(CC(C)(C)F)/C(N)=N/C(=O)OC(C)(C)C. The summed E-state index contributed by atoms with van der Waals surface area (Å²) in [6.45, 7) is 14.0. The van der Waals surface area contributed by atoms with Crippen LogP contribution in [-0.2, 0) is 16.0 Å². The van der Waals surface area contributed by atoms with Gasteiger partial charge in [-0.2, -0.15) is 0 Å². The highest BCUT2D eigenvalue weighted by molar-refractivity contribution is 6.03. The highest BCUT2D eigenvalue weighted by Gasteiger charge is 2.42. The van der Waals surface area contributed by atoms with E-state index in [1.165, 1.54) is 13.8 Å². The third-order valence-corrected chi connectivity index (χ3v) is 5.98.